The van der Waals surface area contributed by atoms with Crippen LogP contribution in [0.4, 0.5) is 0 Å². The molecule has 1 saturated heterocycles. The first-order chi connectivity index (χ1) is 9.58. The highest BCUT2D eigenvalue weighted by Gasteiger charge is 2.21. The molecule has 0 spiro atoms. The van der Waals surface area contributed by atoms with Gasteiger partial charge in [0.2, 0.25) is 0 Å². The van der Waals surface area contributed by atoms with E-state index >= 15 is 0 Å². The maximum Gasteiger partial charge on any atom is 0.313 e. The number of nitrogens with zero attached hydrogens (tertiary/aromatic N) is 3. The van der Waals surface area contributed by atoms with E-state index in [-0.39, 0.29) is 11.7 Å². The summed E-state index contributed by atoms with van der Waals surface area (Å²) in [6, 6.07) is 0. The number of carboxylic acids is 1. The molecule has 1 aromatic rings. The van der Waals surface area contributed by atoms with Gasteiger partial charge >= 0.3 is 5.97 Å². The molecule has 0 radical (unpaired) electrons. The minimum Gasteiger partial charge on any atom is -0.481 e. The normalized spacial score (nSPS) is 16.8. The number of thioether (sulfide) groups is 1. The van der Waals surface area contributed by atoms with Crippen molar-refractivity contribution in [1.82, 2.24) is 14.8 Å². The Kier molecular flexibility index (Phi) is 5.42. The van der Waals surface area contributed by atoms with Crippen molar-refractivity contribution in [3.8, 4) is 0 Å². The van der Waals surface area contributed by atoms with Crippen LogP contribution in [0.25, 0.3) is 0 Å². The number of aromatic nitrogens is 3. The van der Waals surface area contributed by atoms with E-state index in [1.165, 1.54) is 11.8 Å². The zero-order valence-corrected chi connectivity index (χ0v) is 12.7. The summed E-state index contributed by atoms with van der Waals surface area (Å²) in [6.45, 7) is 6.63. The van der Waals surface area contributed by atoms with Gasteiger partial charge < -0.3 is 14.4 Å². The molecule has 1 aromatic heterocycles. The van der Waals surface area contributed by atoms with Gasteiger partial charge in [0, 0.05) is 25.7 Å². The Morgan fingerprint density at radius 1 is 1.45 bits per heavy atom. The second-order valence-electron chi connectivity index (χ2n) is 5.34. The van der Waals surface area contributed by atoms with E-state index in [0.29, 0.717) is 11.1 Å². The second kappa shape index (κ2) is 7.08. The third-order valence-corrected chi connectivity index (χ3v) is 4.32. The Balaban J connectivity index is 2.12. The lowest BCUT2D eigenvalue weighted by Gasteiger charge is -2.24. The third-order valence-electron chi connectivity index (χ3n) is 3.37. The lowest BCUT2D eigenvalue weighted by atomic mass is 10.00. The summed E-state index contributed by atoms with van der Waals surface area (Å²) in [5, 5.41) is 17.9. The summed E-state index contributed by atoms with van der Waals surface area (Å²) in [5.41, 5.74) is 0. The van der Waals surface area contributed by atoms with E-state index < -0.39 is 5.97 Å². The van der Waals surface area contributed by atoms with Crippen molar-refractivity contribution in [3.63, 3.8) is 0 Å². The predicted molar refractivity (Wildman–Crippen MR) is 76.0 cm³/mol. The second-order valence-corrected chi connectivity index (χ2v) is 6.29. The average molecular weight is 299 g/mol. The van der Waals surface area contributed by atoms with Crippen LogP contribution in [0, 0.1) is 5.92 Å². The Bertz CT molecular complexity index is 456. The van der Waals surface area contributed by atoms with Gasteiger partial charge in [-0.3, -0.25) is 4.79 Å². The fraction of sp³-hybridized carbons (Fsp3) is 0.769. The Hall–Kier alpha value is -1.08. The lowest BCUT2D eigenvalue weighted by molar-refractivity contribution is -0.133. The van der Waals surface area contributed by atoms with Crippen LogP contribution in [-0.4, -0.2) is 44.8 Å². The van der Waals surface area contributed by atoms with E-state index in [0.717, 1.165) is 38.4 Å². The number of rotatable bonds is 6. The van der Waals surface area contributed by atoms with Gasteiger partial charge in [-0.05, 0) is 18.8 Å². The van der Waals surface area contributed by atoms with Crippen LogP contribution in [0.2, 0.25) is 0 Å². The fourth-order valence-electron chi connectivity index (χ4n) is 2.32. The van der Waals surface area contributed by atoms with Crippen molar-refractivity contribution in [2.24, 2.45) is 5.92 Å². The highest BCUT2D eigenvalue weighted by Crippen LogP contribution is 2.25. The standard InChI is InChI=1S/C13H21N3O3S/c1-9(2)12-14-15-13(20-8-11(17)18)16(12)7-10-3-5-19-6-4-10/h9-10H,3-8H2,1-2H3,(H,17,18). The van der Waals surface area contributed by atoms with E-state index in [4.69, 9.17) is 9.84 Å². The van der Waals surface area contributed by atoms with Crippen molar-refractivity contribution in [2.45, 2.75) is 44.3 Å². The number of carboxylic acid groups (broad SMARTS) is 1. The maximum absolute atomic E-state index is 10.7. The Labute approximate surface area is 122 Å². The summed E-state index contributed by atoms with van der Waals surface area (Å²) < 4.78 is 7.47. The number of hydrogen-bond donors (Lipinski definition) is 1. The molecule has 20 heavy (non-hydrogen) atoms. The van der Waals surface area contributed by atoms with Crippen LogP contribution in [0.1, 0.15) is 38.4 Å². The van der Waals surface area contributed by atoms with Gasteiger partial charge in [-0.15, -0.1) is 10.2 Å². The zero-order valence-electron chi connectivity index (χ0n) is 11.9. The molecule has 1 aliphatic rings. The highest BCUT2D eigenvalue weighted by atomic mass is 32.2. The molecule has 112 valence electrons. The number of carbonyl (C=O) groups is 1. The van der Waals surface area contributed by atoms with Gasteiger partial charge in [-0.2, -0.15) is 0 Å². The molecule has 2 heterocycles. The monoisotopic (exact) mass is 299 g/mol. The summed E-state index contributed by atoms with van der Waals surface area (Å²) in [7, 11) is 0. The van der Waals surface area contributed by atoms with Gasteiger partial charge in [0.25, 0.3) is 0 Å². The summed E-state index contributed by atoms with van der Waals surface area (Å²) in [5.74, 6) is 0.957. The zero-order chi connectivity index (χ0) is 14.5. The van der Waals surface area contributed by atoms with Crippen LogP contribution in [0.3, 0.4) is 0 Å². The lowest BCUT2D eigenvalue weighted by Crippen LogP contribution is -2.22. The van der Waals surface area contributed by atoms with Crippen molar-refractivity contribution in [3.05, 3.63) is 5.82 Å². The molecule has 7 heteroatoms. The van der Waals surface area contributed by atoms with Crippen molar-refractivity contribution in [1.29, 1.82) is 0 Å². The Morgan fingerprint density at radius 3 is 2.75 bits per heavy atom. The molecule has 0 aliphatic carbocycles. The number of ether oxygens (including phenoxy) is 1. The van der Waals surface area contributed by atoms with Crippen LogP contribution < -0.4 is 0 Å². The third kappa shape index (κ3) is 3.96. The summed E-state index contributed by atoms with van der Waals surface area (Å²) in [4.78, 5) is 10.7. The quantitative estimate of drug-likeness (QED) is 0.810. The van der Waals surface area contributed by atoms with Crippen molar-refractivity contribution < 1.29 is 14.6 Å². The molecule has 6 nitrogen and oxygen atoms in total. The fourth-order valence-corrected chi connectivity index (χ4v) is 2.99. The van der Waals surface area contributed by atoms with Gasteiger partial charge in [0.05, 0.1) is 5.75 Å². The molecular weight excluding hydrogens is 278 g/mol. The first kappa shape index (κ1) is 15.3. The molecule has 0 saturated carbocycles. The molecule has 0 amide bonds. The van der Waals surface area contributed by atoms with Crippen molar-refractivity contribution in [2.75, 3.05) is 19.0 Å². The van der Waals surface area contributed by atoms with E-state index in [2.05, 4.69) is 28.6 Å². The highest BCUT2D eigenvalue weighted by molar-refractivity contribution is 7.99. The smallest absolute Gasteiger partial charge is 0.313 e. The van der Waals surface area contributed by atoms with Crippen LogP contribution in [-0.2, 0) is 16.1 Å². The molecular formula is C13H21N3O3S. The molecule has 0 atom stereocenters. The minimum atomic E-state index is -0.832. The van der Waals surface area contributed by atoms with Crippen molar-refractivity contribution >= 4 is 17.7 Å². The van der Waals surface area contributed by atoms with E-state index in [1.54, 1.807) is 0 Å². The number of hydrogen-bond acceptors (Lipinski definition) is 5. The minimum absolute atomic E-state index is 0.0179. The summed E-state index contributed by atoms with van der Waals surface area (Å²) in [6.07, 6.45) is 2.08. The molecule has 1 N–H and O–H groups in total. The van der Waals surface area contributed by atoms with Gasteiger partial charge in [-0.25, -0.2) is 0 Å². The molecule has 0 bridgehead atoms. The van der Waals surface area contributed by atoms with E-state index in [9.17, 15) is 4.79 Å². The largest absolute Gasteiger partial charge is 0.481 e. The van der Waals surface area contributed by atoms with E-state index in [1.807, 2.05) is 0 Å². The van der Waals surface area contributed by atoms with Gasteiger partial charge in [0.1, 0.15) is 5.82 Å². The molecule has 0 aromatic carbocycles. The predicted octanol–water partition coefficient (Wildman–Crippen LogP) is 2.00. The molecule has 2 rings (SSSR count). The average Bonchev–Trinajstić information content (AvgIpc) is 2.80. The Morgan fingerprint density at radius 2 is 2.15 bits per heavy atom. The summed E-state index contributed by atoms with van der Waals surface area (Å²) >= 11 is 1.24. The molecule has 0 unspecified atom stereocenters. The molecule has 1 aliphatic heterocycles. The maximum atomic E-state index is 10.7. The first-order valence-corrected chi connectivity index (χ1v) is 7.92. The van der Waals surface area contributed by atoms with Crippen LogP contribution in [0.5, 0.6) is 0 Å². The van der Waals surface area contributed by atoms with Crippen LogP contribution >= 0.6 is 11.8 Å². The first-order valence-electron chi connectivity index (χ1n) is 6.93. The van der Waals surface area contributed by atoms with Crippen LogP contribution in [0.15, 0.2) is 5.16 Å². The SMILES string of the molecule is CC(C)c1nnc(SCC(=O)O)n1CC1CCOCC1. The van der Waals surface area contributed by atoms with Gasteiger partial charge in [-0.1, -0.05) is 25.6 Å². The van der Waals surface area contributed by atoms with Gasteiger partial charge in [0.15, 0.2) is 5.16 Å². The number of aliphatic carboxylic acids is 1. The molecule has 1 fully saturated rings. The topological polar surface area (TPSA) is 77.2 Å².